The average molecular weight is 311 g/mol. The van der Waals surface area contributed by atoms with E-state index >= 15 is 0 Å². The number of carbonyl (C=O) groups is 1. The molecule has 2 aromatic rings. The van der Waals surface area contributed by atoms with E-state index in [1.54, 1.807) is 0 Å². The molecule has 0 bridgehead atoms. The molecule has 120 valence electrons. The molecule has 0 saturated carbocycles. The predicted octanol–water partition coefficient (Wildman–Crippen LogP) is 2.86. The van der Waals surface area contributed by atoms with Crippen molar-refractivity contribution in [1.82, 2.24) is 0 Å². The fraction of sp³-hybridized carbons (Fsp3) is 0.316. The normalized spacial score (nSPS) is 14.4. The second kappa shape index (κ2) is 7.29. The third-order valence-electron chi connectivity index (χ3n) is 4.18. The number of ether oxygens (including phenoxy) is 1. The summed E-state index contributed by atoms with van der Waals surface area (Å²) in [7, 11) is 0. The molecule has 4 nitrogen and oxygen atoms in total. The molecule has 4 heteroatoms. The lowest BCUT2D eigenvalue weighted by atomic mass is 9.96. The van der Waals surface area contributed by atoms with Crippen LogP contribution < -0.4 is 4.90 Å². The van der Waals surface area contributed by atoms with Crippen LogP contribution in [0.25, 0.3) is 0 Å². The molecule has 1 heterocycles. The first-order valence-electron chi connectivity index (χ1n) is 7.93. The minimum absolute atomic E-state index is 0.255. The van der Waals surface area contributed by atoms with Gasteiger partial charge in [-0.1, -0.05) is 30.3 Å². The largest absolute Gasteiger partial charge is 0.457 e. The van der Waals surface area contributed by atoms with Crippen molar-refractivity contribution in [3.63, 3.8) is 0 Å². The first-order valence-corrected chi connectivity index (χ1v) is 7.93. The fourth-order valence-electron chi connectivity index (χ4n) is 2.76. The molecule has 0 radical (unpaired) electrons. The smallest absolute Gasteiger partial charge is 0.338 e. The third-order valence-corrected chi connectivity index (χ3v) is 4.18. The molecule has 0 aliphatic carbocycles. The molecule has 2 aromatic carbocycles. The molecule has 1 saturated heterocycles. The molecule has 1 aliphatic rings. The maximum absolute atomic E-state index is 12.1. The summed E-state index contributed by atoms with van der Waals surface area (Å²) in [6, 6.07) is 17.2. The molecule has 3 rings (SSSR count). The minimum Gasteiger partial charge on any atom is -0.457 e. The number of aliphatic hydroxyl groups excluding tert-OH is 1. The Labute approximate surface area is 136 Å². The van der Waals surface area contributed by atoms with Gasteiger partial charge in [0.15, 0.2) is 0 Å². The van der Waals surface area contributed by atoms with E-state index in [1.807, 2.05) is 54.6 Å². The van der Waals surface area contributed by atoms with Crippen LogP contribution in [0.4, 0.5) is 5.69 Å². The van der Waals surface area contributed by atoms with Gasteiger partial charge in [-0.05, 0) is 42.2 Å². The number of aliphatic hydroxyl groups is 1. The zero-order valence-electron chi connectivity index (χ0n) is 13.0. The molecule has 0 aromatic heterocycles. The molecule has 0 spiro atoms. The van der Waals surface area contributed by atoms with Crippen LogP contribution >= 0.6 is 0 Å². The lowest BCUT2D eigenvalue weighted by Gasteiger charge is -2.41. The molecular weight excluding hydrogens is 290 g/mol. The van der Waals surface area contributed by atoms with Crippen LogP contribution in [0.2, 0.25) is 0 Å². The lowest BCUT2D eigenvalue weighted by molar-refractivity contribution is 0.0472. The van der Waals surface area contributed by atoms with E-state index in [2.05, 4.69) is 4.90 Å². The summed E-state index contributed by atoms with van der Waals surface area (Å²) < 4.78 is 5.32. The molecule has 0 unspecified atom stereocenters. The Morgan fingerprint density at radius 3 is 2.43 bits per heavy atom. The Balaban J connectivity index is 1.52. The second-order valence-electron chi connectivity index (χ2n) is 5.89. The van der Waals surface area contributed by atoms with Crippen LogP contribution in [-0.4, -0.2) is 30.8 Å². The quantitative estimate of drug-likeness (QED) is 0.834. The van der Waals surface area contributed by atoms with Gasteiger partial charge in [0.2, 0.25) is 0 Å². The van der Waals surface area contributed by atoms with E-state index < -0.39 is 0 Å². The topological polar surface area (TPSA) is 49.8 Å². The summed E-state index contributed by atoms with van der Waals surface area (Å²) in [4.78, 5) is 14.3. The Morgan fingerprint density at radius 1 is 1.09 bits per heavy atom. The summed E-state index contributed by atoms with van der Waals surface area (Å²) in [5, 5.41) is 8.92. The van der Waals surface area contributed by atoms with Gasteiger partial charge in [0.1, 0.15) is 6.61 Å². The molecule has 1 aliphatic heterocycles. The van der Waals surface area contributed by atoms with Gasteiger partial charge in [-0.25, -0.2) is 4.79 Å². The van der Waals surface area contributed by atoms with Gasteiger partial charge in [0, 0.05) is 25.4 Å². The number of rotatable bonds is 6. The van der Waals surface area contributed by atoms with Gasteiger partial charge in [-0.15, -0.1) is 0 Å². The molecule has 0 amide bonds. The highest BCUT2D eigenvalue weighted by molar-refractivity contribution is 5.89. The predicted molar refractivity (Wildman–Crippen MR) is 89.4 cm³/mol. The number of hydrogen-bond acceptors (Lipinski definition) is 4. The van der Waals surface area contributed by atoms with Gasteiger partial charge in [-0.3, -0.25) is 0 Å². The van der Waals surface area contributed by atoms with Crippen LogP contribution in [-0.2, 0) is 11.3 Å². The van der Waals surface area contributed by atoms with Crippen molar-refractivity contribution in [1.29, 1.82) is 0 Å². The molecule has 0 atom stereocenters. The second-order valence-corrected chi connectivity index (χ2v) is 5.89. The van der Waals surface area contributed by atoms with Crippen molar-refractivity contribution in [3.8, 4) is 0 Å². The highest BCUT2D eigenvalue weighted by Gasteiger charge is 2.26. The summed E-state index contributed by atoms with van der Waals surface area (Å²) in [6.07, 6.45) is 0.862. The number of esters is 1. The number of carbonyl (C=O) groups excluding carboxylic acids is 1. The van der Waals surface area contributed by atoms with Gasteiger partial charge < -0.3 is 14.7 Å². The number of hydrogen-bond donors (Lipinski definition) is 1. The van der Waals surface area contributed by atoms with Gasteiger partial charge >= 0.3 is 5.97 Å². The van der Waals surface area contributed by atoms with E-state index in [1.165, 1.54) is 0 Å². The van der Waals surface area contributed by atoms with Crippen LogP contribution in [0, 0.1) is 5.92 Å². The van der Waals surface area contributed by atoms with Crippen molar-refractivity contribution >= 4 is 11.7 Å². The van der Waals surface area contributed by atoms with Crippen molar-refractivity contribution in [3.05, 3.63) is 65.7 Å². The van der Waals surface area contributed by atoms with Crippen LogP contribution in [0.1, 0.15) is 22.3 Å². The Hall–Kier alpha value is -2.33. The van der Waals surface area contributed by atoms with E-state index in [-0.39, 0.29) is 19.2 Å². The van der Waals surface area contributed by atoms with Crippen LogP contribution in [0.5, 0.6) is 0 Å². The maximum atomic E-state index is 12.1. The average Bonchev–Trinajstić information content (AvgIpc) is 2.57. The Kier molecular flexibility index (Phi) is 4.93. The lowest BCUT2D eigenvalue weighted by Crippen LogP contribution is -2.47. The highest BCUT2D eigenvalue weighted by Crippen LogP contribution is 2.26. The van der Waals surface area contributed by atoms with Crippen LogP contribution in [0.15, 0.2) is 54.6 Å². The maximum Gasteiger partial charge on any atom is 0.338 e. The minimum atomic E-state index is -0.304. The summed E-state index contributed by atoms with van der Waals surface area (Å²) >= 11 is 0. The van der Waals surface area contributed by atoms with Gasteiger partial charge in [0.25, 0.3) is 0 Å². The van der Waals surface area contributed by atoms with Gasteiger partial charge in [-0.2, -0.15) is 0 Å². The molecule has 1 fully saturated rings. The van der Waals surface area contributed by atoms with Crippen molar-refractivity contribution in [2.75, 3.05) is 24.6 Å². The van der Waals surface area contributed by atoms with Crippen molar-refractivity contribution < 1.29 is 14.6 Å². The van der Waals surface area contributed by atoms with Crippen molar-refractivity contribution in [2.45, 2.75) is 13.0 Å². The number of nitrogens with zero attached hydrogens (tertiary/aromatic N) is 1. The Bertz CT molecular complexity index is 633. The zero-order valence-corrected chi connectivity index (χ0v) is 13.0. The van der Waals surface area contributed by atoms with E-state index in [9.17, 15) is 4.79 Å². The van der Waals surface area contributed by atoms with Crippen molar-refractivity contribution in [2.24, 2.45) is 5.92 Å². The third kappa shape index (κ3) is 3.90. The monoisotopic (exact) mass is 311 g/mol. The van der Waals surface area contributed by atoms with Gasteiger partial charge in [0.05, 0.1) is 5.56 Å². The van der Waals surface area contributed by atoms with E-state index in [4.69, 9.17) is 9.84 Å². The summed E-state index contributed by atoms with van der Waals surface area (Å²) in [6.45, 7) is 2.48. The molecular formula is C19H21NO3. The van der Waals surface area contributed by atoms with Crippen LogP contribution in [0.3, 0.4) is 0 Å². The standard InChI is InChI=1S/C19H21NO3/c21-11-10-16-12-20(13-16)18-8-6-17(7-9-18)19(22)23-14-15-4-2-1-3-5-15/h1-9,16,21H,10-14H2. The van der Waals surface area contributed by atoms with E-state index in [0.29, 0.717) is 11.5 Å². The van der Waals surface area contributed by atoms with E-state index in [0.717, 1.165) is 30.8 Å². The summed E-state index contributed by atoms with van der Waals surface area (Å²) in [5.41, 5.74) is 2.66. The number of benzene rings is 2. The zero-order chi connectivity index (χ0) is 16.1. The first kappa shape index (κ1) is 15.6. The highest BCUT2D eigenvalue weighted by atomic mass is 16.5. The SMILES string of the molecule is O=C(OCc1ccccc1)c1ccc(N2CC(CCO)C2)cc1. The molecule has 1 N–H and O–H groups in total. The summed E-state index contributed by atoms with van der Waals surface area (Å²) in [5.74, 6) is 0.276. The fourth-order valence-corrected chi connectivity index (χ4v) is 2.76. The number of anilines is 1. The first-order chi connectivity index (χ1) is 11.3. The molecule has 23 heavy (non-hydrogen) atoms. The Morgan fingerprint density at radius 2 is 1.78 bits per heavy atom.